The van der Waals surface area contributed by atoms with Gasteiger partial charge >= 0.3 is 5.97 Å². The van der Waals surface area contributed by atoms with Crippen molar-refractivity contribution >= 4 is 17.8 Å². The highest BCUT2D eigenvalue weighted by Gasteiger charge is 2.23. The molecule has 0 rings (SSSR count). The van der Waals surface area contributed by atoms with E-state index in [0.717, 1.165) is 0 Å². The zero-order chi connectivity index (χ0) is 15.5. The second-order valence-electron chi connectivity index (χ2n) is 4.25. The number of hydrogen-bond donors (Lipinski definition) is 6. The molecule has 0 aromatic rings. The molecule has 0 aromatic carbocycles. The van der Waals surface area contributed by atoms with E-state index in [1.807, 2.05) is 0 Å². The smallest absolute Gasteiger partial charge is 0.322 e. The number of nitrogens with two attached hydrogens (primary N) is 2. The van der Waals surface area contributed by atoms with Gasteiger partial charge in [-0.25, -0.2) is 0 Å². The number of nitrogens with one attached hydrogen (secondary N) is 2. The van der Waals surface area contributed by atoms with Gasteiger partial charge in [-0.15, -0.1) is 0 Å². The van der Waals surface area contributed by atoms with Crippen molar-refractivity contribution in [2.75, 3.05) is 19.7 Å². The Labute approximate surface area is 116 Å². The highest BCUT2D eigenvalue weighted by molar-refractivity contribution is 5.90. The maximum atomic E-state index is 11.8. The van der Waals surface area contributed by atoms with E-state index in [9.17, 15) is 14.4 Å². The number of carboxylic acids is 1. The number of carbonyl (C=O) groups is 3. The van der Waals surface area contributed by atoms with Gasteiger partial charge in [-0.1, -0.05) is 0 Å². The predicted molar refractivity (Wildman–Crippen MR) is 70.5 cm³/mol. The van der Waals surface area contributed by atoms with Crippen LogP contribution in [0, 0.1) is 0 Å². The fourth-order valence-electron chi connectivity index (χ4n) is 1.41. The number of carbonyl (C=O) groups excluding carboxylic acids is 2. The normalized spacial score (nSPS) is 13.3. The molecule has 0 bridgehead atoms. The van der Waals surface area contributed by atoms with E-state index < -0.39 is 43.0 Å². The minimum absolute atomic E-state index is 0.312. The SMILES string of the molecule is NCCCCC(NC(=O)C(N)CO)C(=O)NCC(=O)O. The van der Waals surface area contributed by atoms with Crippen molar-refractivity contribution in [3.05, 3.63) is 0 Å². The topological polar surface area (TPSA) is 168 Å². The lowest BCUT2D eigenvalue weighted by Gasteiger charge is -2.19. The maximum absolute atomic E-state index is 11.8. The van der Waals surface area contributed by atoms with Crippen LogP contribution in [0.1, 0.15) is 19.3 Å². The van der Waals surface area contributed by atoms with E-state index in [4.69, 9.17) is 21.7 Å². The van der Waals surface area contributed by atoms with Crippen molar-refractivity contribution in [2.45, 2.75) is 31.3 Å². The van der Waals surface area contributed by atoms with Crippen molar-refractivity contribution in [2.24, 2.45) is 11.5 Å². The molecule has 0 aliphatic carbocycles. The first-order valence-electron chi connectivity index (χ1n) is 6.28. The Balaban J connectivity index is 4.49. The average molecular weight is 290 g/mol. The first kappa shape index (κ1) is 18.3. The molecule has 0 aliphatic rings. The van der Waals surface area contributed by atoms with Gasteiger partial charge in [0.25, 0.3) is 0 Å². The summed E-state index contributed by atoms with van der Waals surface area (Å²) < 4.78 is 0. The van der Waals surface area contributed by atoms with Crippen LogP contribution < -0.4 is 22.1 Å². The van der Waals surface area contributed by atoms with Crippen LogP contribution in [-0.2, 0) is 14.4 Å². The van der Waals surface area contributed by atoms with Crippen LogP contribution in [-0.4, -0.2) is 59.8 Å². The molecule has 20 heavy (non-hydrogen) atoms. The van der Waals surface area contributed by atoms with Crippen molar-refractivity contribution in [3.63, 3.8) is 0 Å². The Hall–Kier alpha value is -1.71. The molecule has 0 aromatic heterocycles. The van der Waals surface area contributed by atoms with Gasteiger partial charge in [-0.2, -0.15) is 0 Å². The summed E-state index contributed by atoms with van der Waals surface area (Å²) in [6.45, 7) is -0.625. The molecular weight excluding hydrogens is 268 g/mol. The van der Waals surface area contributed by atoms with Crippen molar-refractivity contribution < 1.29 is 24.6 Å². The fraction of sp³-hybridized carbons (Fsp3) is 0.727. The molecule has 0 heterocycles. The number of amides is 2. The minimum atomic E-state index is -1.18. The van der Waals surface area contributed by atoms with Gasteiger partial charge in [0, 0.05) is 0 Å². The number of carboxylic acid groups (broad SMARTS) is 1. The van der Waals surface area contributed by atoms with Crippen LogP contribution in [0.5, 0.6) is 0 Å². The highest BCUT2D eigenvalue weighted by atomic mass is 16.4. The third kappa shape index (κ3) is 7.67. The molecule has 2 unspecified atom stereocenters. The third-order valence-corrected chi connectivity index (χ3v) is 2.53. The molecule has 0 fully saturated rings. The van der Waals surface area contributed by atoms with E-state index >= 15 is 0 Å². The lowest BCUT2D eigenvalue weighted by atomic mass is 10.1. The molecule has 9 heteroatoms. The molecule has 9 nitrogen and oxygen atoms in total. The summed E-state index contributed by atoms with van der Waals surface area (Å²) in [5.41, 5.74) is 10.7. The van der Waals surface area contributed by atoms with Crippen molar-refractivity contribution in [1.82, 2.24) is 10.6 Å². The summed E-state index contributed by atoms with van der Waals surface area (Å²) in [6, 6.07) is -2.02. The van der Waals surface area contributed by atoms with E-state index in [1.165, 1.54) is 0 Å². The van der Waals surface area contributed by atoms with Gasteiger partial charge in [0.2, 0.25) is 11.8 Å². The number of aliphatic hydroxyl groups is 1. The first-order valence-corrected chi connectivity index (χ1v) is 6.28. The monoisotopic (exact) mass is 290 g/mol. The van der Waals surface area contributed by atoms with Crippen LogP contribution in [0.25, 0.3) is 0 Å². The van der Waals surface area contributed by atoms with Gasteiger partial charge in [0.1, 0.15) is 18.6 Å². The van der Waals surface area contributed by atoms with Crippen molar-refractivity contribution in [1.29, 1.82) is 0 Å². The zero-order valence-electron chi connectivity index (χ0n) is 11.2. The molecule has 0 radical (unpaired) electrons. The summed E-state index contributed by atoms with van der Waals surface area (Å²) in [5, 5.41) is 21.8. The summed E-state index contributed by atoms with van der Waals surface area (Å²) >= 11 is 0. The molecule has 8 N–H and O–H groups in total. The number of aliphatic hydroxyl groups excluding tert-OH is 1. The van der Waals surface area contributed by atoms with Gasteiger partial charge < -0.3 is 32.3 Å². The number of rotatable bonds is 10. The summed E-state index contributed by atoms with van der Waals surface area (Å²) in [6.07, 6.45) is 1.58. The van der Waals surface area contributed by atoms with E-state index in [1.54, 1.807) is 0 Å². The second-order valence-corrected chi connectivity index (χ2v) is 4.25. The quantitative estimate of drug-likeness (QED) is 0.235. The fourth-order valence-corrected chi connectivity index (χ4v) is 1.41. The minimum Gasteiger partial charge on any atom is -0.480 e. The molecule has 0 saturated carbocycles. The van der Waals surface area contributed by atoms with Crippen LogP contribution in [0.4, 0.5) is 0 Å². The lowest BCUT2D eigenvalue weighted by Crippen LogP contribution is -2.53. The van der Waals surface area contributed by atoms with Crippen molar-refractivity contribution in [3.8, 4) is 0 Å². The van der Waals surface area contributed by atoms with E-state index in [0.29, 0.717) is 25.8 Å². The Bertz CT molecular complexity index is 337. The van der Waals surface area contributed by atoms with Gasteiger partial charge in [-0.3, -0.25) is 14.4 Å². The maximum Gasteiger partial charge on any atom is 0.322 e. The Morgan fingerprint density at radius 2 is 1.80 bits per heavy atom. The van der Waals surface area contributed by atoms with Crippen LogP contribution in [0.15, 0.2) is 0 Å². The lowest BCUT2D eigenvalue weighted by molar-refractivity contribution is -0.138. The van der Waals surface area contributed by atoms with E-state index in [-0.39, 0.29) is 0 Å². The molecule has 2 atom stereocenters. The Kier molecular flexibility index (Phi) is 9.26. The van der Waals surface area contributed by atoms with Crippen LogP contribution >= 0.6 is 0 Å². The number of hydrogen-bond acceptors (Lipinski definition) is 6. The Morgan fingerprint density at radius 1 is 1.15 bits per heavy atom. The number of aliphatic carboxylic acids is 1. The molecule has 0 saturated heterocycles. The van der Waals surface area contributed by atoms with Gasteiger partial charge in [0.05, 0.1) is 6.61 Å². The average Bonchev–Trinajstić information content (AvgIpc) is 2.42. The van der Waals surface area contributed by atoms with Crippen LogP contribution in [0.3, 0.4) is 0 Å². The van der Waals surface area contributed by atoms with Gasteiger partial charge in [-0.05, 0) is 25.8 Å². The van der Waals surface area contributed by atoms with Crippen LogP contribution in [0.2, 0.25) is 0 Å². The highest BCUT2D eigenvalue weighted by Crippen LogP contribution is 2.01. The van der Waals surface area contributed by atoms with Gasteiger partial charge in [0.15, 0.2) is 0 Å². The van der Waals surface area contributed by atoms with E-state index in [2.05, 4.69) is 10.6 Å². The summed E-state index contributed by atoms with van der Waals surface area (Å²) in [5.74, 6) is -2.46. The standard InChI is InChI=1S/C11H22N4O5/c12-4-2-1-3-8(11(20)14-5-9(17)18)15-10(19)7(13)6-16/h7-8,16H,1-6,12-13H2,(H,14,20)(H,15,19)(H,17,18). The first-order chi connectivity index (χ1) is 9.42. The summed E-state index contributed by atoms with van der Waals surface area (Å²) in [4.78, 5) is 33.7. The zero-order valence-corrected chi connectivity index (χ0v) is 11.2. The predicted octanol–water partition coefficient (Wildman–Crippen LogP) is -2.88. The molecular formula is C11H22N4O5. The second kappa shape index (κ2) is 10.1. The molecule has 0 aliphatic heterocycles. The molecule has 116 valence electrons. The number of unbranched alkanes of at least 4 members (excludes halogenated alkanes) is 1. The third-order valence-electron chi connectivity index (χ3n) is 2.53. The molecule has 0 spiro atoms. The summed E-state index contributed by atoms with van der Waals surface area (Å²) in [7, 11) is 0. The Morgan fingerprint density at radius 3 is 2.30 bits per heavy atom. The molecule has 2 amide bonds. The largest absolute Gasteiger partial charge is 0.480 e.